The fourth-order valence-electron chi connectivity index (χ4n) is 3.58. The minimum Gasteiger partial charge on any atom is -0.378 e. The van der Waals surface area contributed by atoms with E-state index in [1.165, 1.54) is 36.3 Å². The Morgan fingerprint density at radius 2 is 1.73 bits per heavy atom. The molecule has 4 rings (SSSR count). The van der Waals surface area contributed by atoms with E-state index in [2.05, 4.69) is 15.1 Å². The molecule has 3 aliphatic rings. The van der Waals surface area contributed by atoms with Gasteiger partial charge in [-0.2, -0.15) is 4.98 Å². The van der Waals surface area contributed by atoms with Gasteiger partial charge in [-0.15, -0.1) is 0 Å². The highest BCUT2D eigenvalue weighted by atomic mass is 16.5. The number of hydrogen-bond donors (Lipinski definition) is 1. The molecular weight excluding hydrogens is 278 g/mol. The third-order valence-corrected chi connectivity index (χ3v) is 4.85. The average Bonchev–Trinajstić information content (AvgIpc) is 2.62. The lowest BCUT2D eigenvalue weighted by Gasteiger charge is -2.34. The summed E-state index contributed by atoms with van der Waals surface area (Å²) in [5.41, 5.74) is 2.57. The summed E-state index contributed by atoms with van der Waals surface area (Å²) in [6.45, 7) is 7.55. The first kappa shape index (κ1) is 14.2. The van der Waals surface area contributed by atoms with E-state index < -0.39 is 0 Å². The number of rotatable bonds is 2. The number of piperidine rings is 1. The normalized spacial score (nSPS) is 22.5. The van der Waals surface area contributed by atoms with Crippen LogP contribution in [0, 0.1) is 0 Å². The Morgan fingerprint density at radius 3 is 2.55 bits per heavy atom. The number of ether oxygens (including phenoxy) is 1. The summed E-state index contributed by atoms with van der Waals surface area (Å²) in [5, 5.41) is 3.48. The molecule has 2 fully saturated rings. The number of fused-ring (bicyclic) bond motifs is 1. The van der Waals surface area contributed by atoms with Crippen LogP contribution in [-0.4, -0.2) is 55.9 Å². The summed E-state index contributed by atoms with van der Waals surface area (Å²) in [6, 6.07) is 0. The van der Waals surface area contributed by atoms with E-state index in [1.54, 1.807) is 0 Å². The number of hydrogen-bond acceptors (Lipinski definition) is 6. The molecule has 0 aliphatic carbocycles. The van der Waals surface area contributed by atoms with Crippen LogP contribution in [0.3, 0.4) is 0 Å². The van der Waals surface area contributed by atoms with Crippen LogP contribution in [0.4, 0.5) is 11.8 Å². The van der Waals surface area contributed by atoms with E-state index in [0.717, 1.165) is 64.9 Å². The van der Waals surface area contributed by atoms with Gasteiger partial charge in [0.05, 0.1) is 18.9 Å². The quantitative estimate of drug-likeness (QED) is 0.878. The van der Waals surface area contributed by atoms with Gasteiger partial charge in [0, 0.05) is 51.3 Å². The number of aromatic nitrogens is 2. The third-order valence-electron chi connectivity index (χ3n) is 4.85. The molecular formula is C16H25N5O. The topological polar surface area (TPSA) is 53.5 Å². The maximum absolute atomic E-state index is 5.46. The summed E-state index contributed by atoms with van der Waals surface area (Å²) in [6.07, 6.45) is 4.91. The second-order valence-electron chi connectivity index (χ2n) is 6.35. The van der Waals surface area contributed by atoms with Crippen LogP contribution < -0.4 is 15.1 Å². The van der Waals surface area contributed by atoms with Crippen LogP contribution in [0.15, 0.2) is 0 Å². The Bertz CT molecular complexity index is 524. The summed E-state index contributed by atoms with van der Waals surface area (Å²) in [5.74, 6) is 2.09. The molecule has 0 unspecified atom stereocenters. The molecule has 3 aliphatic heterocycles. The molecule has 120 valence electrons. The monoisotopic (exact) mass is 303 g/mol. The van der Waals surface area contributed by atoms with Crippen molar-refractivity contribution in [1.82, 2.24) is 15.3 Å². The van der Waals surface area contributed by atoms with Crippen LogP contribution in [0.25, 0.3) is 0 Å². The highest BCUT2D eigenvalue weighted by molar-refractivity contribution is 5.54. The minimum atomic E-state index is 0.779. The molecule has 2 saturated heterocycles. The van der Waals surface area contributed by atoms with Crippen molar-refractivity contribution in [2.24, 2.45) is 0 Å². The van der Waals surface area contributed by atoms with Crippen LogP contribution in [0.2, 0.25) is 0 Å². The first-order valence-electron chi connectivity index (χ1n) is 8.60. The zero-order valence-corrected chi connectivity index (χ0v) is 13.2. The van der Waals surface area contributed by atoms with Crippen LogP contribution in [0.5, 0.6) is 0 Å². The van der Waals surface area contributed by atoms with Gasteiger partial charge in [-0.05, 0) is 19.3 Å². The molecule has 0 atom stereocenters. The van der Waals surface area contributed by atoms with Gasteiger partial charge >= 0.3 is 0 Å². The van der Waals surface area contributed by atoms with E-state index in [4.69, 9.17) is 14.7 Å². The second kappa shape index (κ2) is 6.38. The fourth-order valence-corrected chi connectivity index (χ4v) is 3.58. The van der Waals surface area contributed by atoms with Gasteiger partial charge in [-0.3, -0.25) is 0 Å². The Hall–Kier alpha value is -1.40. The predicted octanol–water partition coefficient (Wildman–Crippen LogP) is 0.949. The van der Waals surface area contributed by atoms with Gasteiger partial charge in [0.2, 0.25) is 5.95 Å². The molecule has 22 heavy (non-hydrogen) atoms. The van der Waals surface area contributed by atoms with Crippen molar-refractivity contribution in [1.29, 1.82) is 0 Å². The zero-order chi connectivity index (χ0) is 14.8. The van der Waals surface area contributed by atoms with Crippen molar-refractivity contribution in [3.63, 3.8) is 0 Å². The first-order valence-corrected chi connectivity index (χ1v) is 8.60. The van der Waals surface area contributed by atoms with E-state index in [9.17, 15) is 0 Å². The third kappa shape index (κ3) is 2.77. The van der Waals surface area contributed by atoms with Crippen molar-refractivity contribution in [3.05, 3.63) is 11.3 Å². The molecule has 0 aromatic carbocycles. The second-order valence-corrected chi connectivity index (χ2v) is 6.35. The van der Waals surface area contributed by atoms with Crippen molar-refractivity contribution < 1.29 is 4.74 Å². The molecule has 1 aromatic heterocycles. The molecule has 0 spiro atoms. The maximum atomic E-state index is 5.46. The predicted molar refractivity (Wildman–Crippen MR) is 86.5 cm³/mol. The molecule has 1 aromatic rings. The molecule has 4 heterocycles. The molecule has 6 nitrogen and oxygen atoms in total. The summed E-state index contributed by atoms with van der Waals surface area (Å²) < 4.78 is 5.46. The number of anilines is 2. The van der Waals surface area contributed by atoms with E-state index in [0.29, 0.717) is 0 Å². The average molecular weight is 303 g/mol. The van der Waals surface area contributed by atoms with Crippen molar-refractivity contribution in [3.8, 4) is 0 Å². The highest BCUT2D eigenvalue weighted by Crippen LogP contribution is 2.28. The maximum Gasteiger partial charge on any atom is 0.227 e. The molecule has 0 bridgehead atoms. The molecule has 1 N–H and O–H groups in total. The number of morpholine rings is 1. The summed E-state index contributed by atoms with van der Waals surface area (Å²) in [4.78, 5) is 14.6. The van der Waals surface area contributed by atoms with Crippen LogP contribution in [0.1, 0.15) is 30.5 Å². The van der Waals surface area contributed by atoms with Crippen molar-refractivity contribution >= 4 is 11.8 Å². The van der Waals surface area contributed by atoms with Gasteiger partial charge in [-0.25, -0.2) is 4.98 Å². The largest absolute Gasteiger partial charge is 0.378 e. The summed E-state index contributed by atoms with van der Waals surface area (Å²) >= 11 is 0. The van der Waals surface area contributed by atoms with Gasteiger partial charge in [0.1, 0.15) is 5.82 Å². The molecule has 0 saturated carbocycles. The minimum absolute atomic E-state index is 0.779. The number of nitrogens with zero attached hydrogens (tertiary/aromatic N) is 4. The Labute approximate surface area is 131 Å². The van der Waals surface area contributed by atoms with Crippen LogP contribution >= 0.6 is 0 Å². The number of nitrogens with one attached hydrogen (secondary N) is 1. The highest BCUT2D eigenvalue weighted by Gasteiger charge is 2.25. The lowest BCUT2D eigenvalue weighted by atomic mass is 10.1. The Balaban J connectivity index is 1.70. The Morgan fingerprint density at radius 1 is 0.909 bits per heavy atom. The van der Waals surface area contributed by atoms with Gasteiger partial charge < -0.3 is 19.9 Å². The molecule has 0 radical (unpaired) electrons. The smallest absolute Gasteiger partial charge is 0.227 e. The lowest BCUT2D eigenvalue weighted by Crippen LogP contribution is -2.39. The van der Waals surface area contributed by atoms with Crippen LogP contribution in [-0.2, 0) is 17.7 Å². The fraction of sp³-hybridized carbons (Fsp3) is 0.750. The van der Waals surface area contributed by atoms with E-state index >= 15 is 0 Å². The van der Waals surface area contributed by atoms with Gasteiger partial charge in [0.15, 0.2) is 0 Å². The van der Waals surface area contributed by atoms with E-state index in [-0.39, 0.29) is 0 Å². The SMILES string of the molecule is C1CCN(c2nc(N3CCOCC3)nc3c2CNCC3)CC1. The van der Waals surface area contributed by atoms with E-state index in [1.807, 2.05) is 0 Å². The first-order chi connectivity index (χ1) is 10.9. The summed E-state index contributed by atoms with van der Waals surface area (Å²) in [7, 11) is 0. The molecule has 0 amide bonds. The lowest BCUT2D eigenvalue weighted by molar-refractivity contribution is 0.122. The molecule has 6 heteroatoms. The van der Waals surface area contributed by atoms with Gasteiger partial charge in [-0.1, -0.05) is 0 Å². The Kier molecular flexibility index (Phi) is 4.12. The van der Waals surface area contributed by atoms with Crippen molar-refractivity contribution in [2.45, 2.75) is 32.2 Å². The van der Waals surface area contributed by atoms with Gasteiger partial charge in [0.25, 0.3) is 0 Å². The standard InChI is InChI=1S/C16H25N5O/c1-2-6-20(7-3-1)15-13-12-17-5-4-14(13)18-16(19-15)21-8-10-22-11-9-21/h17H,1-12H2. The van der Waals surface area contributed by atoms with Crippen molar-refractivity contribution in [2.75, 3.05) is 55.7 Å². The zero-order valence-electron chi connectivity index (χ0n) is 13.2.